The Bertz CT molecular complexity index is 246. The van der Waals surface area contributed by atoms with E-state index in [0.29, 0.717) is 17.6 Å². The Morgan fingerprint density at radius 2 is 2.25 bits per heavy atom. The average molecular weight is 166 g/mol. The number of carbonyl (C=O) groups excluding carboxylic acids is 1. The molecule has 4 unspecified atom stereocenters. The van der Waals surface area contributed by atoms with Crippen molar-refractivity contribution >= 4 is 5.78 Å². The molecule has 3 aliphatic carbocycles. The molecule has 0 heterocycles. The average Bonchev–Trinajstić information content (AvgIpc) is 2.19. The lowest BCUT2D eigenvalue weighted by molar-refractivity contribution is -0.141. The molecular formula is C10H14O2. The minimum atomic E-state index is -0.575. The summed E-state index contributed by atoms with van der Waals surface area (Å²) >= 11 is 0. The second kappa shape index (κ2) is 1.92. The largest absolute Gasteiger partial charge is 0.389 e. The molecule has 0 aliphatic heterocycles. The van der Waals surface area contributed by atoms with Gasteiger partial charge >= 0.3 is 0 Å². The fourth-order valence-corrected chi connectivity index (χ4v) is 3.60. The van der Waals surface area contributed by atoms with Gasteiger partial charge < -0.3 is 5.11 Å². The van der Waals surface area contributed by atoms with E-state index >= 15 is 0 Å². The molecule has 2 nitrogen and oxygen atoms in total. The summed E-state index contributed by atoms with van der Waals surface area (Å²) in [6.45, 7) is 0. The highest BCUT2D eigenvalue weighted by Gasteiger charge is 2.57. The Balaban J connectivity index is 2.07. The summed E-state index contributed by atoms with van der Waals surface area (Å²) in [5.74, 6) is 1.37. The van der Waals surface area contributed by atoms with Crippen molar-refractivity contribution in [1.82, 2.24) is 0 Å². The van der Waals surface area contributed by atoms with E-state index < -0.39 is 5.60 Å². The fraction of sp³-hybridized carbons (Fsp3) is 0.900. The second-order valence-corrected chi connectivity index (χ2v) is 4.84. The van der Waals surface area contributed by atoms with Crippen molar-refractivity contribution in [1.29, 1.82) is 0 Å². The van der Waals surface area contributed by atoms with Crippen LogP contribution in [0.2, 0.25) is 0 Å². The molecule has 0 saturated heterocycles. The van der Waals surface area contributed by atoms with Crippen molar-refractivity contribution in [3.63, 3.8) is 0 Å². The smallest absolute Gasteiger partial charge is 0.141 e. The third-order valence-corrected chi connectivity index (χ3v) is 4.15. The standard InChI is InChI=1S/C10H14O2/c11-9-7-1-2-10(12)5-6(3-7)4-8(9)10/h6-8,12H,1-5H2. The van der Waals surface area contributed by atoms with E-state index in [-0.39, 0.29) is 5.92 Å². The molecule has 12 heavy (non-hydrogen) atoms. The van der Waals surface area contributed by atoms with Crippen LogP contribution in [-0.4, -0.2) is 16.5 Å². The Morgan fingerprint density at radius 1 is 1.42 bits per heavy atom. The first-order chi connectivity index (χ1) is 5.69. The van der Waals surface area contributed by atoms with Crippen LogP contribution in [0.1, 0.15) is 32.1 Å². The molecule has 2 heteroatoms. The van der Waals surface area contributed by atoms with Crippen LogP contribution in [0, 0.1) is 17.8 Å². The van der Waals surface area contributed by atoms with Crippen molar-refractivity contribution < 1.29 is 9.90 Å². The molecule has 3 aliphatic rings. The summed E-state index contributed by atoms with van der Waals surface area (Å²) in [7, 11) is 0. The van der Waals surface area contributed by atoms with Crippen molar-refractivity contribution in [3.05, 3.63) is 0 Å². The van der Waals surface area contributed by atoms with E-state index in [1.165, 1.54) is 0 Å². The van der Waals surface area contributed by atoms with E-state index in [2.05, 4.69) is 0 Å². The molecule has 3 bridgehead atoms. The zero-order chi connectivity index (χ0) is 8.34. The van der Waals surface area contributed by atoms with Crippen molar-refractivity contribution in [3.8, 4) is 0 Å². The summed E-state index contributed by atoms with van der Waals surface area (Å²) < 4.78 is 0. The highest BCUT2D eigenvalue weighted by molar-refractivity contribution is 5.87. The van der Waals surface area contributed by atoms with Gasteiger partial charge in [-0.25, -0.2) is 0 Å². The molecule has 0 spiro atoms. The van der Waals surface area contributed by atoms with Gasteiger partial charge in [-0.2, -0.15) is 0 Å². The number of hydrogen-bond acceptors (Lipinski definition) is 2. The summed E-state index contributed by atoms with van der Waals surface area (Å²) in [5.41, 5.74) is -0.575. The minimum Gasteiger partial charge on any atom is -0.389 e. The van der Waals surface area contributed by atoms with E-state index in [9.17, 15) is 9.90 Å². The Hall–Kier alpha value is -0.370. The van der Waals surface area contributed by atoms with Gasteiger partial charge in [0, 0.05) is 11.8 Å². The normalized spacial score (nSPS) is 56.4. The zero-order valence-corrected chi connectivity index (χ0v) is 7.12. The number of fused-ring (bicyclic) bond motifs is 2. The Kier molecular flexibility index (Phi) is 1.13. The van der Waals surface area contributed by atoms with Crippen LogP contribution in [0.3, 0.4) is 0 Å². The molecule has 3 rings (SSSR count). The molecule has 1 N–H and O–H groups in total. The monoisotopic (exact) mass is 166 g/mol. The maximum atomic E-state index is 11.7. The topological polar surface area (TPSA) is 37.3 Å². The lowest BCUT2D eigenvalue weighted by atomic mass is 9.69. The van der Waals surface area contributed by atoms with Crippen LogP contribution in [0.4, 0.5) is 0 Å². The molecule has 0 aromatic rings. The van der Waals surface area contributed by atoms with Crippen molar-refractivity contribution in [2.75, 3.05) is 0 Å². The number of rotatable bonds is 0. The first kappa shape index (κ1) is 7.07. The van der Waals surface area contributed by atoms with Crippen molar-refractivity contribution in [2.24, 2.45) is 17.8 Å². The van der Waals surface area contributed by atoms with Gasteiger partial charge in [0.25, 0.3) is 0 Å². The van der Waals surface area contributed by atoms with Crippen LogP contribution in [0.25, 0.3) is 0 Å². The van der Waals surface area contributed by atoms with Gasteiger partial charge in [-0.05, 0) is 38.0 Å². The maximum absolute atomic E-state index is 11.7. The van der Waals surface area contributed by atoms with Crippen molar-refractivity contribution in [2.45, 2.75) is 37.7 Å². The predicted octanol–water partition coefficient (Wildman–Crippen LogP) is 1.13. The van der Waals surface area contributed by atoms with Crippen LogP contribution in [0.15, 0.2) is 0 Å². The second-order valence-electron chi connectivity index (χ2n) is 4.84. The Labute approximate surface area is 72.0 Å². The van der Waals surface area contributed by atoms with Crippen LogP contribution in [-0.2, 0) is 4.79 Å². The van der Waals surface area contributed by atoms with Gasteiger partial charge in [0.2, 0.25) is 0 Å². The highest BCUT2D eigenvalue weighted by atomic mass is 16.3. The highest BCUT2D eigenvalue weighted by Crippen LogP contribution is 2.55. The van der Waals surface area contributed by atoms with Gasteiger partial charge in [0.05, 0.1) is 5.60 Å². The van der Waals surface area contributed by atoms with Gasteiger partial charge in [-0.3, -0.25) is 4.79 Å². The van der Waals surface area contributed by atoms with Crippen LogP contribution >= 0.6 is 0 Å². The van der Waals surface area contributed by atoms with E-state index in [1.54, 1.807) is 0 Å². The van der Waals surface area contributed by atoms with Gasteiger partial charge in [0.1, 0.15) is 5.78 Å². The fourth-order valence-electron chi connectivity index (χ4n) is 3.60. The number of carbonyl (C=O) groups is 1. The molecule has 0 aromatic carbocycles. The molecule has 0 radical (unpaired) electrons. The summed E-state index contributed by atoms with van der Waals surface area (Å²) in [6, 6.07) is 0. The van der Waals surface area contributed by atoms with Crippen LogP contribution in [0.5, 0.6) is 0 Å². The molecule has 0 aromatic heterocycles. The molecule has 3 saturated carbocycles. The Morgan fingerprint density at radius 3 is 3.08 bits per heavy atom. The van der Waals surface area contributed by atoms with E-state index in [4.69, 9.17) is 0 Å². The van der Waals surface area contributed by atoms with Gasteiger partial charge in [-0.15, -0.1) is 0 Å². The molecule has 66 valence electrons. The van der Waals surface area contributed by atoms with Gasteiger partial charge in [0.15, 0.2) is 0 Å². The van der Waals surface area contributed by atoms with E-state index in [1.807, 2.05) is 0 Å². The molecule has 4 atom stereocenters. The lowest BCUT2D eigenvalue weighted by Gasteiger charge is -2.37. The maximum Gasteiger partial charge on any atom is 0.141 e. The zero-order valence-electron chi connectivity index (χ0n) is 7.12. The molecular weight excluding hydrogens is 152 g/mol. The minimum absolute atomic E-state index is 0.0231. The summed E-state index contributed by atoms with van der Waals surface area (Å²) in [4.78, 5) is 11.7. The number of aliphatic hydroxyl groups is 1. The van der Waals surface area contributed by atoms with Gasteiger partial charge in [-0.1, -0.05) is 0 Å². The SMILES string of the molecule is O=C1C2CCC3(O)CC(C2)CC13. The molecule has 3 fully saturated rings. The number of Topliss-reactive ketones (excluding diaryl/α,β-unsaturated/α-hetero) is 1. The predicted molar refractivity (Wildman–Crippen MR) is 43.5 cm³/mol. The quantitative estimate of drug-likeness (QED) is 0.585. The van der Waals surface area contributed by atoms with E-state index in [0.717, 1.165) is 32.1 Å². The van der Waals surface area contributed by atoms with Crippen LogP contribution < -0.4 is 0 Å². The third kappa shape index (κ3) is 0.674. The first-order valence-corrected chi connectivity index (χ1v) is 4.95. The summed E-state index contributed by atoms with van der Waals surface area (Å²) in [6.07, 6.45) is 4.77. The number of hydrogen-bond donors (Lipinski definition) is 1. The first-order valence-electron chi connectivity index (χ1n) is 4.95. The lowest BCUT2D eigenvalue weighted by Crippen LogP contribution is -2.45. The molecule has 0 amide bonds. The number of ketones is 1. The third-order valence-electron chi connectivity index (χ3n) is 4.15. The summed E-state index contributed by atoms with van der Waals surface area (Å²) in [5, 5.41) is 10.2.